The highest BCUT2D eigenvalue weighted by molar-refractivity contribution is 9.15. The summed E-state index contributed by atoms with van der Waals surface area (Å²) in [5.41, 5.74) is 14.0. The molecule has 0 saturated carbocycles. The van der Waals surface area contributed by atoms with Crippen molar-refractivity contribution in [2.45, 2.75) is 46.5 Å². The molecule has 0 unspecified atom stereocenters. The molecule has 6 heteroatoms. The van der Waals surface area contributed by atoms with E-state index >= 15 is 0 Å². The minimum Gasteiger partial charge on any atom is -0.355 e. The molecule has 0 aliphatic carbocycles. The molecule has 8 bridgehead atoms. The number of fused-ring (bicyclic) bond motifs is 8. The number of aryl methyl sites for hydroxylation is 3. The van der Waals surface area contributed by atoms with Crippen molar-refractivity contribution in [3.05, 3.63) is 92.5 Å². The Kier molecular flexibility index (Phi) is 5.81. The van der Waals surface area contributed by atoms with Crippen molar-refractivity contribution in [1.29, 1.82) is 0 Å². The van der Waals surface area contributed by atoms with Crippen LogP contribution in [0.25, 0.3) is 43.8 Å². The van der Waals surface area contributed by atoms with Gasteiger partial charge >= 0.3 is 0 Å². The van der Waals surface area contributed by atoms with E-state index in [2.05, 4.69) is 131 Å². The summed E-state index contributed by atoms with van der Waals surface area (Å²) in [5, 5.41) is 0. The zero-order valence-corrected chi connectivity index (χ0v) is 24.7. The van der Waals surface area contributed by atoms with E-state index in [0.717, 1.165) is 65.8 Å². The summed E-state index contributed by atoms with van der Waals surface area (Å²) in [4.78, 5) is 17.4. The molecule has 0 fully saturated rings. The number of hydrogen-bond acceptors (Lipinski definition) is 2. The first kappa shape index (κ1) is 24.4. The van der Waals surface area contributed by atoms with Gasteiger partial charge in [-0.3, -0.25) is 4.98 Å². The predicted octanol–water partition coefficient (Wildman–Crippen LogP) is 9.08. The van der Waals surface area contributed by atoms with Crippen molar-refractivity contribution in [1.82, 2.24) is 19.9 Å². The molecule has 2 aliphatic heterocycles. The first-order chi connectivity index (χ1) is 17.6. The summed E-state index contributed by atoms with van der Waals surface area (Å²) in [5.74, 6) is 0. The van der Waals surface area contributed by atoms with Crippen LogP contribution in [0, 0.1) is 20.8 Å². The fourth-order valence-electron chi connectivity index (χ4n) is 5.56. The van der Waals surface area contributed by atoms with E-state index in [4.69, 9.17) is 9.97 Å². The number of nitrogens with one attached hydrogen (secondary N) is 2. The third-order valence-corrected chi connectivity index (χ3v) is 8.50. The number of nitrogens with zero attached hydrogens (tertiary/aromatic N) is 2. The molecule has 3 aromatic heterocycles. The van der Waals surface area contributed by atoms with Crippen LogP contribution in [0.3, 0.4) is 0 Å². The van der Waals surface area contributed by atoms with Crippen molar-refractivity contribution in [2.24, 2.45) is 0 Å². The van der Waals surface area contributed by atoms with Gasteiger partial charge in [0, 0.05) is 54.3 Å². The molecule has 0 spiro atoms. The fraction of sp³-hybridized carbons (Fsp3) is 0.226. The van der Waals surface area contributed by atoms with Gasteiger partial charge < -0.3 is 9.97 Å². The van der Waals surface area contributed by atoms with Gasteiger partial charge in [0.1, 0.15) is 0 Å². The van der Waals surface area contributed by atoms with Crippen LogP contribution in [-0.2, 0) is 11.8 Å². The molecule has 6 rings (SSSR count). The van der Waals surface area contributed by atoms with Crippen LogP contribution in [0.1, 0.15) is 53.3 Å². The molecule has 4 aromatic rings. The van der Waals surface area contributed by atoms with E-state index in [-0.39, 0.29) is 5.41 Å². The highest BCUT2D eigenvalue weighted by Crippen LogP contribution is 2.39. The van der Waals surface area contributed by atoms with Crippen LogP contribution in [0.15, 0.2) is 53.0 Å². The molecule has 0 saturated heterocycles. The summed E-state index contributed by atoms with van der Waals surface area (Å²) in [6, 6.07) is 17.3. The van der Waals surface area contributed by atoms with Crippen molar-refractivity contribution in [2.75, 3.05) is 0 Å². The topological polar surface area (TPSA) is 57.4 Å². The van der Waals surface area contributed by atoms with E-state index in [9.17, 15) is 0 Å². The normalized spacial score (nSPS) is 14.6. The fourth-order valence-corrected chi connectivity index (χ4v) is 6.42. The third kappa shape index (κ3) is 4.40. The summed E-state index contributed by atoms with van der Waals surface area (Å²) in [7, 11) is 0. The Bertz CT molecular complexity index is 1760. The van der Waals surface area contributed by atoms with Gasteiger partial charge in [-0.1, -0.05) is 31.5 Å². The third-order valence-electron chi connectivity index (χ3n) is 7.21. The Hall–Kier alpha value is -2.96. The van der Waals surface area contributed by atoms with Gasteiger partial charge in [-0.15, -0.1) is 0 Å². The van der Waals surface area contributed by atoms with Crippen LogP contribution in [-0.4, -0.2) is 19.9 Å². The van der Waals surface area contributed by atoms with E-state index in [0.29, 0.717) is 0 Å². The molecule has 2 N–H and O–H groups in total. The molecule has 0 radical (unpaired) electrons. The molecular weight excluding hydrogens is 588 g/mol. The van der Waals surface area contributed by atoms with E-state index < -0.39 is 0 Å². The minimum absolute atomic E-state index is 0.0468. The van der Waals surface area contributed by atoms with Gasteiger partial charge in [-0.05, 0) is 112 Å². The molecule has 0 amide bonds. The van der Waals surface area contributed by atoms with E-state index in [1.54, 1.807) is 0 Å². The van der Waals surface area contributed by atoms with Gasteiger partial charge in [0.15, 0.2) is 0 Å². The molecule has 4 nitrogen and oxygen atoms in total. The molecule has 5 heterocycles. The quantitative estimate of drug-likeness (QED) is 0.224. The number of rotatable bonds is 1. The zero-order chi connectivity index (χ0) is 26.1. The van der Waals surface area contributed by atoms with Crippen LogP contribution >= 0.6 is 31.9 Å². The lowest BCUT2D eigenvalue weighted by molar-refractivity contribution is 0.543. The lowest BCUT2D eigenvalue weighted by Gasteiger charge is -2.15. The molecule has 37 heavy (non-hydrogen) atoms. The molecule has 2 aliphatic rings. The Balaban J connectivity index is 1.79. The van der Waals surface area contributed by atoms with E-state index in [1.165, 1.54) is 22.3 Å². The van der Waals surface area contributed by atoms with Gasteiger partial charge in [-0.25, -0.2) is 4.98 Å². The Labute approximate surface area is 233 Å². The zero-order valence-electron chi connectivity index (χ0n) is 21.6. The average molecular weight is 616 g/mol. The largest absolute Gasteiger partial charge is 0.355 e. The number of halogens is 2. The van der Waals surface area contributed by atoms with Crippen molar-refractivity contribution in [3.8, 4) is 11.1 Å². The molecule has 0 atom stereocenters. The Morgan fingerprint density at radius 1 is 0.784 bits per heavy atom. The lowest BCUT2D eigenvalue weighted by Crippen LogP contribution is -2.14. The van der Waals surface area contributed by atoms with Gasteiger partial charge in [-0.2, -0.15) is 0 Å². The first-order valence-electron chi connectivity index (χ1n) is 12.4. The monoisotopic (exact) mass is 614 g/mol. The number of benzene rings is 1. The van der Waals surface area contributed by atoms with Gasteiger partial charge in [0.2, 0.25) is 0 Å². The molecule has 1 aromatic carbocycles. The number of aromatic nitrogens is 4. The van der Waals surface area contributed by atoms with Crippen molar-refractivity contribution < 1.29 is 0 Å². The first-order valence-corrected chi connectivity index (χ1v) is 14.0. The maximum absolute atomic E-state index is 5.12. The second-order valence-electron chi connectivity index (χ2n) is 10.8. The van der Waals surface area contributed by atoms with Gasteiger partial charge in [0.05, 0.1) is 16.9 Å². The molecule has 186 valence electrons. The maximum Gasteiger partial charge on any atom is 0.0800 e. The highest BCUT2D eigenvalue weighted by Gasteiger charge is 2.28. The van der Waals surface area contributed by atoms with Crippen molar-refractivity contribution in [3.63, 3.8) is 0 Å². The summed E-state index contributed by atoms with van der Waals surface area (Å²) in [6.07, 6.45) is 3.00. The van der Waals surface area contributed by atoms with Gasteiger partial charge in [0.25, 0.3) is 0 Å². The maximum atomic E-state index is 5.12. The number of hydrogen-bond donors (Lipinski definition) is 2. The Morgan fingerprint density at radius 3 is 2.22 bits per heavy atom. The van der Waals surface area contributed by atoms with Crippen LogP contribution in [0.4, 0.5) is 0 Å². The van der Waals surface area contributed by atoms with Crippen LogP contribution in [0.5, 0.6) is 0 Å². The Morgan fingerprint density at radius 2 is 1.49 bits per heavy atom. The lowest BCUT2D eigenvalue weighted by atomic mass is 9.87. The van der Waals surface area contributed by atoms with Crippen LogP contribution in [0.2, 0.25) is 0 Å². The minimum atomic E-state index is -0.0468. The SMILES string of the molecule is Cc1cc(C)c(-c2c3nc(cc4ccc(cc5nc(cc6[nH]c2cc6Br)CC5(C)C)[nH]4)C(Br)=C3)c(C)c1. The van der Waals surface area contributed by atoms with E-state index in [1.807, 2.05) is 0 Å². The average Bonchev–Trinajstić information content (AvgIpc) is 3.54. The van der Waals surface area contributed by atoms with Crippen molar-refractivity contribution >= 4 is 64.5 Å². The summed E-state index contributed by atoms with van der Waals surface area (Å²) < 4.78 is 1.97. The smallest absolute Gasteiger partial charge is 0.0800 e. The van der Waals surface area contributed by atoms with Crippen LogP contribution < -0.4 is 0 Å². The summed E-state index contributed by atoms with van der Waals surface area (Å²) >= 11 is 7.61. The standard InChI is InChI=1S/C31H28Br2N4/c1-16-8-17(2)29(18(3)9-16)30-26-13-22(32)24(36-26)10-19-6-7-20(34-19)12-28-31(4,5)15-21(35-28)11-25-23(33)14-27(30)37-25/h6-14,34,37H,15H2,1-5H3. The second kappa shape index (κ2) is 8.81. The predicted molar refractivity (Wildman–Crippen MR) is 162 cm³/mol. The second-order valence-corrected chi connectivity index (χ2v) is 12.5. The summed E-state index contributed by atoms with van der Waals surface area (Å²) in [6.45, 7) is 11.0. The molecular formula is C31H28Br2N4. The number of aromatic amines is 2. The number of H-pyrrole nitrogens is 2. The highest BCUT2D eigenvalue weighted by atomic mass is 79.9.